The SMILES string of the molecule is CN(C[C@@H]1[C@H](c2ccc(C#Cc3ccccc3)cc2)[C@@H]2CN(C(=O)Nc3ccc(OC4CC4)cc3)CCCCN12)S(C)(=O)=O.COc1ccc(NC(=O)N2CCCCN3[C@H](CN4CCC4)[C@H](c4ccc(C#Cc5ccccc5)cc4)[C@@H]3C2)cc1.OC[C@@H]1[C@H](c2ccc(C#Cc3ccccc3)cc2)[C@@H]2CN(c3nc4ccccc4s3)CCCCN12. The summed E-state index contributed by atoms with van der Waals surface area (Å²) >= 11 is 1.79. The second-order valence-electron chi connectivity index (χ2n) is 32.6. The molecular weight excluding hydrogens is 1520 g/mol. The van der Waals surface area contributed by atoms with Crippen molar-refractivity contribution in [2.45, 2.75) is 118 Å². The van der Waals surface area contributed by atoms with Gasteiger partial charge >= 0.3 is 12.1 Å². The largest absolute Gasteiger partial charge is 0.497 e. The lowest BCUT2D eigenvalue weighted by Gasteiger charge is -2.59. The summed E-state index contributed by atoms with van der Waals surface area (Å²) in [5, 5.41) is 17.6. The topological polar surface area (TPSA) is 170 Å². The number of methoxy groups -OCH3 is 1. The maximum Gasteiger partial charge on any atom is 0.321 e. The van der Waals surface area contributed by atoms with E-state index in [1.807, 2.05) is 161 Å². The Morgan fingerprint density at radius 2 is 0.874 bits per heavy atom. The Hall–Kier alpha value is -10.8. The Kier molecular flexibility index (Phi) is 26.5. The summed E-state index contributed by atoms with van der Waals surface area (Å²) in [6.07, 6.45) is 11.3. The maximum absolute atomic E-state index is 13.5. The number of aliphatic hydroxyl groups is 1. The number of ether oxygens (including phenoxy) is 2. The number of fused-ring (bicyclic) bond motifs is 4. The van der Waals surface area contributed by atoms with E-state index < -0.39 is 10.0 Å². The van der Waals surface area contributed by atoms with E-state index >= 15 is 0 Å². The summed E-state index contributed by atoms with van der Waals surface area (Å²) in [4.78, 5) is 48.4. The summed E-state index contributed by atoms with van der Waals surface area (Å²) in [6, 6.07) is 80.7. The lowest BCUT2D eigenvalue weighted by Crippen LogP contribution is -2.70. The van der Waals surface area contributed by atoms with Crippen molar-refractivity contribution in [3.05, 3.63) is 287 Å². The van der Waals surface area contributed by atoms with Crippen molar-refractivity contribution < 1.29 is 32.6 Å². The summed E-state index contributed by atoms with van der Waals surface area (Å²) in [5.74, 6) is 21.9. The monoisotopic (exact) mass is 1630 g/mol. The third kappa shape index (κ3) is 20.4. The second-order valence-corrected chi connectivity index (χ2v) is 35.7. The van der Waals surface area contributed by atoms with E-state index in [0.29, 0.717) is 55.7 Å². The number of carbonyl (C=O) groups is 2. The van der Waals surface area contributed by atoms with Gasteiger partial charge in [-0.2, -0.15) is 0 Å². The molecule has 9 atom stereocenters. The van der Waals surface area contributed by atoms with Gasteiger partial charge in [-0.3, -0.25) is 14.7 Å². The summed E-state index contributed by atoms with van der Waals surface area (Å²) in [6.45, 7) is 11.9. The number of nitrogens with zero attached hydrogens (tertiary/aromatic N) is 9. The van der Waals surface area contributed by atoms with Crippen LogP contribution in [0.1, 0.15) is 126 Å². The van der Waals surface area contributed by atoms with Gasteiger partial charge in [-0.15, -0.1) is 0 Å². The van der Waals surface area contributed by atoms with Crippen LogP contribution in [0.5, 0.6) is 11.5 Å². The van der Waals surface area contributed by atoms with Crippen molar-refractivity contribution in [1.82, 2.24) is 38.7 Å². The van der Waals surface area contributed by atoms with Gasteiger partial charge in [-0.05, 0) is 241 Å². The number of likely N-dealkylation sites (tertiary alicyclic amines) is 1. The zero-order chi connectivity index (χ0) is 81.6. The van der Waals surface area contributed by atoms with E-state index in [0.717, 1.165) is 176 Å². The fraction of sp³-hybridized carbons (Fsp3) is 0.364. The Balaban J connectivity index is 0.000000134. The minimum atomic E-state index is -3.33. The van der Waals surface area contributed by atoms with E-state index in [1.165, 1.54) is 45.9 Å². The van der Waals surface area contributed by atoms with Gasteiger partial charge in [0, 0.05) is 158 Å². The molecule has 7 aliphatic heterocycles. The minimum absolute atomic E-state index is 0.0167. The van der Waals surface area contributed by atoms with Crippen LogP contribution < -0.4 is 25.0 Å². The highest BCUT2D eigenvalue weighted by Crippen LogP contribution is 2.47. The number of nitrogens with one attached hydrogen (secondary N) is 2. The van der Waals surface area contributed by atoms with Gasteiger partial charge in [-0.1, -0.05) is 150 Å². The Morgan fingerprint density at radius 3 is 1.31 bits per heavy atom. The number of aliphatic hydroxyl groups excluding tert-OH is 1. The van der Waals surface area contributed by atoms with Crippen LogP contribution in [0.25, 0.3) is 10.2 Å². The Morgan fingerprint density at radius 1 is 0.471 bits per heavy atom. The van der Waals surface area contributed by atoms with Crippen LogP contribution in [0.4, 0.5) is 26.1 Å². The Bertz CT molecular complexity index is 5340. The number of hydrogen-bond acceptors (Lipinski definition) is 14. The Labute approximate surface area is 706 Å². The van der Waals surface area contributed by atoms with Crippen LogP contribution >= 0.6 is 11.3 Å². The first kappa shape index (κ1) is 81.9. The highest BCUT2D eigenvalue weighted by atomic mass is 32.2. The first-order valence-electron chi connectivity index (χ1n) is 42.4. The molecule has 0 unspecified atom stereocenters. The van der Waals surface area contributed by atoms with Gasteiger partial charge in [0.05, 0.1) is 36.3 Å². The van der Waals surface area contributed by atoms with Crippen LogP contribution in [-0.2, 0) is 10.0 Å². The number of sulfonamides is 1. The van der Waals surface area contributed by atoms with Crippen LogP contribution in [0.2, 0.25) is 0 Å². The molecule has 18 nitrogen and oxygen atoms in total. The van der Waals surface area contributed by atoms with Gasteiger partial charge < -0.3 is 44.8 Å². The zero-order valence-corrected chi connectivity index (χ0v) is 69.9. The van der Waals surface area contributed by atoms with Gasteiger partial charge in [0.25, 0.3) is 0 Å². The summed E-state index contributed by atoms with van der Waals surface area (Å²) in [7, 11) is -0.0408. The number of urea groups is 2. The normalized spacial score (nSPS) is 22.4. The van der Waals surface area contributed by atoms with Crippen LogP contribution in [0, 0.1) is 35.5 Å². The lowest BCUT2D eigenvalue weighted by atomic mass is 9.73. The van der Waals surface area contributed by atoms with E-state index in [-0.39, 0.29) is 42.7 Å². The summed E-state index contributed by atoms with van der Waals surface area (Å²) < 4.78 is 38.6. The van der Waals surface area contributed by atoms with Crippen LogP contribution in [0.3, 0.4) is 0 Å². The van der Waals surface area contributed by atoms with Gasteiger partial charge in [0.1, 0.15) is 11.5 Å². The molecule has 1 saturated carbocycles. The molecular formula is C99H107N11O7S2. The fourth-order valence-electron chi connectivity index (χ4n) is 18.0. The van der Waals surface area contributed by atoms with Crippen molar-refractivity contribution in [3.8, 4) is 47.0 Å². The van der Waals surface area contributed by atoms with Gasteiger partial charge in [-0.25, -0.2) is 27.3 Å². The maximum atomic E-state index is 13.5. The van der Waals surface area contributed by atoms with Crippen molar-refractivity contribution in [3.63, 3.8) is 0 Å². The number of hydrogen-bond donors (Lipinski definition) is 3. The van der Waals surface area contributed by atoms with Crippen molar-refractivity contribution in [2.75, 3.05) is 128 Å². The average Bonchev–Trinajstić information content (AvgIpc) is 1.36. The van der Waals surface area contributed by atoms with Crippen LogP contribution in [0.15, 0.2) is 237 Å². The molecule has 119 heavy (non-hydrogen) atoms. The molecule has 7 saturated heterocycles. The molecule has 8 aliphatic rings. The van der Waals surface area contributed by atoms with E-state index in [1.54, 1.807) is 25.5 Å². The van der Waals surface area contributed by atoms with E-state index in [4.69, 9.17) is 14.5 Å². The quantitative estimate of drug-likeness (QED) is 0.0830. The number of rotatable bonds is 15. The highest BCUT2D eigenvalue weighted by molar-refractivity contribution is 7.88. The molecule has 1 aliphatic carbocycles. The van der Waals surface area contributed by atoms with Crippen molar-refractivity contribution in [2.24, 2.45) is 0 Å². The standard InChI is InChI=1S/C35H40N4O4S.C34H38N4O2.C30H29N3OS/c1-37(44(2,41)42)24-32-34(28-14-12-27(13-15-28)11-10-26-8-4-3-5-9-26)33-25-38(22-6-7-23-39(32)33)35(40)36-29-16-18-30(19-17-29)43-31-20-21-31;1-40-30-18-16-29(17-19-30)35-34(39)37-22-5-6-23-38-31(24-36-20-7-21-36)33(32(38)25-37)28-14-12-27(13-15-28)11-10-26-8-3-2-4-9-26;34-21-27-29(24-16-14-23(15-17-24)13-12-22-8-2-1-3-9-22)26-20-32(18-6-7-19-33(26)27)30-31-25-10-4-5-11-28(25)35-30/h3-5,8-9,12-19,31-34H,6-7,20-25H2,1-2H3,(H,36,40);2-4,8-9,12-19,31-33H,5-7,20-25H2,1H3,(H,35,39);1-5,8-11,14-17,26-27,29,34H,6-7,18-21H2/t32-,33+,34+;31-,32+,33+;26-,27+,29+/m110/s1. The molecule has 612 valence electrons. The van der Waals surface area contributed by atoms with Gasteiger partial charge in [0.15, 0.2) is 5.13 Å². The second kappa shape index (κ2) is 38.5. The lowest BCUT2D eigenvalue weighted by molar-refractivity contribution is -0.0565. The fourth-order valence-corrected chi connectivity index (χ4v) is 19.4. The van der Waals surface area contributed by atoms with Crippen molar-refractivity contribution >= 4 is 60.1 Å². The van der Waals surface area contributed by atoms with Crippen LogP contribution in [-0.4, -0.2) is 219 Å². The van der Waals surface area contributed by atoms with E-state index in [2.05, 4.69) is 156 Å². The number of amides is 4. The number of carbonyl (C=O) groups excluding carboxylic acids is 2. The number of anilines is 3. The average molecular weight is 1630 g/mol. The predicted molar refractivity (Wildman–Crippen MR) is 477 cm³/mol. The molecule has 4 amide bonds. The third-order valence-electron chi connectivity index (χ3n) is 24.8. The zero-order valence-electron chi connectivity index (χ0n) is 68.3. The number of likely N-dealkylation sites (N-methyl/N-ethyl adjacent to an activating group) is 1. The molecule has 8 heterocycles. The number of benzene rings is 9. The van der Waals surface area contributed by atoms with Gasteiger partial charge in [0.2, 0.25) is 10.0 Å². The highest BCUT2D eigenvalue weighted by Gasteiger charge is 2.53. The number of thiazole rings is 1. The number of aromatic nitrogens is 1. The van der Waals surface area contributed by atoms with E-state index in [9.17, 15) is 23.1 Å². The molecule has 9 aromatic carbocycles. The first-order chi connectivity index (χ1) is 58.2. The summed E-state index contributed by atoms with van der Waals surface area (Å²) in [5.41, 5.74) is 12.4. The predicted octanol–water partition coefficient (Wildman–Crippen LogP) is 15.4. The molecule has 0 radical (unpaired) electrons. The molecule has 8 fully saturated rings. The minimum Gasteiger partial charge on any atom is -0.497 e. The molecule has 3 N–H and O–H groups in total. The number of para-hydroxylation sites is 1. The first-order valence-corrected chi connectivity index (χ1v) is 45.0. The third-order valence-corrected chi connectivity index (χ3v) is 27.2. The molecule has 18 rings (SSSR count). The molecule has 10 aromatic rings. The molecule has 20 heteroatoms. The molecule has 0 bridgehead atoms. The molecule has 0 spiro atoms. The molecule has 1 aromatic heterocycles. The van der Waals surface area contributed by atoms with Crippen molar-refractivity contribution in [1.29, 1.82) is 0 Å². The smallest absolute Gasteiger partial charge is 0.321 e.